The zero-order valence-electron chi connectivity index (χ0n) is 15.5. The minimum Gasteiger partial charge on any atom is -0.397 e. The fourth-order valence-electron chi connectivity index (χ4n) is 3.79. The van der Waals surface area contributed by atoms with Gasteiger partial charge in [0.1, 0.15) is 18.3 Å². The molecule has 2 heterocycles. The molecule has 1 aliphatic rings. The molecule has 0 saturated carbocycles. The van der Waals surface area contributed by atoms with E-state index in [9.17, 15) is 10.1 Å². The summed E-state index contributed by atoms with van der Waals surface area (Å²) in [6, 6.07) is 12.3. The molecule has 1 aliphatic heterocycles. The van der Waals surface area contributed by atoms with Crippen LogP contribution in [-0.2, 0) is 17.8 Å². The van der Waals surface area contributed by atoms with Crippen molar-refractivity contribution < 1.29 is 4.79 Å². The molecule has 0 aliphatic carbocycles. The minimum atomic E-state index is 0.0646. The first-order valence-electron chi connectivity index (χ1n) is 9.22. The van der Waals surface area contributed by atoms with Gasteiger partial charge in [-0.25, -0.2) is 0 Å². The topological polar surface area (TPSA) is 75.0 Å². The van der Waals surface area contributed by atoms with Crippen LogP contribution in [0.25, 0.3) is 0 Å². The van der Waals surface area contributed by atoms with Gasteiger partial charge in [0.05, 0.1) is 5.69 Å². The molecule has 0 unspecified atom stereocenters. The lowest BCUT2D eigenvalue weighted by atomic mass is 10.0. The molecule has 1 fully saturated rings. The van der Waals surface area contributed by atoms with E-state index in [1.165, 1.54) is 12.0 Å². The monoisotopic (exact) mass is 350 g/mol. The summed E-state index contributed by atoms with van der Waals surface area (Å²) in [6.07, 6.45) is 3.87. The SMILES string of the molecule is Cc1cccc(Cc2c(N)cc(C#N)n2CC(=O)N2CCCC[C@H]2C)c1. The Kier molecular flexibility index (Phi) is 5.32. The minimum absolute atomic E-state index is 0.0646. The zero-order chi connectivity index (χ0) is 18.7. The summed E-state index contributed by atoms with van der Waals surface area (Å²) >= 11 is 0. The second-order valence-electron chi connectivity index (χ2n) is 7.23. The van der Waals surface area contributed by atoms with E-state index in [-0.39, 0.29) is 18.5 Å². The molecule has 2 N–H and O–H groups in total. The highest BCUT2D eigenvalue weighted by atomic mass is 16.2. The van der Waals surface area contributed by atoms with Gasteiger partial charge in [-0.1, -0.05) is 29.8 Å². The lowest BCUT2D eigenvalue weighted by Crippen LogP contribution is -2.43. The highest BCUT2D eigenvalue weighted by Crippen LogP contribution is 2.24. The Balaban J connectivity index is 1.88. The number of piperidine rings is 1. The Bertz CT molecular complexity index is 846. The number of benzene rings is 1. The number of likely N-dealkylation sites (tertiary alicyclic amines) is 1. The highest BCUT2D eigenvalue weighted by Gasteiger charge is 2.25. The van der Waals surface area contributed by atoms with Gasteiger partial charge in [-0.15, -0.1) is 0 Å². The van der Waals surface area contributed by atoms with Crippen LogP contribution in [0.4, 0.5) is 5.69 Å². The van der Waals surface area contributed by atoms with Crippen LogP contribution >= 0.6 is 0 Å². The van der Waals surface area contributed by atoms with E-state index in [4.69, 9.17) is 5.73 Å². The first-order chi connectivity index (χ1) is 12.5. The number of hydrogen-bond acceptors (Lipinski definition) is 3. The van der Waals surface area contributed by atoms with Crippen molar-refractivity contribution in [1.29, 1.82) is 5.26 Å². The van der Waals surface area contributed by atoms with E-state index >= 15 is 0 Å². The van der Waals surface area contributed by atoms with E-state index in [0.717, 1.165) is 30.6 Å². The number of hydrogen-bond donors (Lipinski definition) is 1. The van der Waals surface area contributed by atoms with Crippen LogP contribution in [0.5, 0.6) is 0 Å². The number of nitrogens with two attached hydrogens (primary N) is 1. The summed E-state index contributed by atoms with van der Waals surface area (Å²) < 4.78 is 1.79. The number of nitriles is 1. The number of carbonyl (C=O) groups is 1. The molecule has 0 spiro atoms. The van der Waals surface area contributed by atoms with E-state index < -0.39 is 0 Å². The van der Waals surface area contributed by atoms with E-state index in [1.54, 1.807) is 10.6 Å². The van der Waals surface area contributed by atoms with Gasteiger partial charge in [0, 0.05) is 24.7 Å². The maximum atomic E-state index is 12.9. The molecule has 1 saturated heterocycles. The fraction of sp³-hybridized carbons (Fsp3) is 0.429. The second kappa shape index (κ2) is 7.65. The Labute approximate surface area is 155 Å². The average Bonchev–Trinajstić information content (AvgIpc) is 2.91. The molecule has 1 aromatic carbocycles. The standard InChI is InChI=1S/C21H26N4O/c1-15-6-5-8-17(10-15)11-20-19(23)12-18(13-22)25(20)14-21(26)24-9-4-3-7-16(24)2/h5-6,8,10,12,16H,3-4,7,9,11,14,23H2,1-2H3/t16-/m1/s1. The van der Waals surface area contributed by atoms with Gasteiger partial charge in [0.2, 0.25) is 5.91 Å². The van der Waals surface area contributed by atoms with Crippen molar-refractivity contribution in [2.45, 2.75) is 52.1 Å². The second-order valence-corrected chi connectivity index (χ2v) is 7.23. The molecular weight excluding hydrogens is 324 g/mol. The number of carbonyl (C=O) groups excluding carboxylic acids is 1. The number of aromatic nitrogens is 1. The van der Waals surface area contributed by atoms with E-state index in [2.05, 4.69) is 19.1 Å². The molecule has 136 valence electrons. The number of anilines is 1. The Hall–Kier alpha value is -2.74. The molecule has 0 bridgehead atoms. The van der Waals surface area contributed by atoms with Gasteiger partial charge < -0.3 is 15.2 Å². The normalized spacial score (nSPS) is 17.1. The number of nitrogen functional groups attached to an aromatic ring is 1. The smallest absolute Gasteiger partial charge is 0.242 e. The molecule has 0 radical (unpaired) electrons. The molecule has 2 aromatic rings. The number of amides is 1. The van der Waals surface area contributed by atoms with Gasteiger partial charge in [0.25, 0.3) is 0 Å². The van der Waals surface area contributed by atoms with Gasteiger partial charge in [-0.05, 0) is 44.7 Å². The summed E-state index contributed by atoms with van der Waals surface area (Å²) in [5.41, 5.74) is 10.3. The van der Waals surface area contributed by atoms with Crippen LogP contribution in [0.3, 0.4) is 0 Å². The van der Waals surface area contributed by atoms with Gasteiger partial charge >= 0.3 is 0 Å². The zero-order valence-corrected chi connectivity index (χ0v) is 15.5. The lowest BCUT2D eigenvalue weighted by molar-refractivity contribution is -0.135. The summed E-state index contributed by atoms with van der Waals surface area (Å²) in [5, 5.41) is 9.49. The lowest BCUT2D eigenvalue weighted by Gasteiger charge is -2.33. The summed E-state index contributed by atoms with van der Waals surface area (Å²) in [4.78, 5) is 14.8. The summed E-state index contributed by atoms with van der Waals surface area (Å²) in [6.45, 7) is 5.12. The van der Waals surface area contributed by atoms with Crippen molar-refractivity contribution >= 4 is 11.6 Å². The molecule has 1 amide bonds. The van der Waals surface area contributed by atoms with Crippen molar-refractivity contribution in [3.8, 4) is 6.07 Å². The maximum Gasteiger partial charge on any atom is 0.242 e. The largest absolute Gasteiger partial charge is 0.397 e. The van der Waals surface area contributed by atoms with Crippen molar-refractivity contribution in [2.75, 3.05) is 12.3 Å². The van der Waals surface area contributed by atoms with Crippen molar-refractivity contribution in [3.05, 3.63) is 52.8 Å². The third-order valence-electron chi connectivity index (χ3n) is 5.23. The van der Waals surface area contributed by atoms with Crippen LogP contribution in [-0.4, -0.2) is 28.0 Å². The van der Waals surface area contributed by atoms with Crippen molar-refractivity contribution in [3.63, 3.8) is 0 Å². The number of rotatable bonds is 4. The van der Waals surface area contributed by atoms with Crippen LogP contribution < -0.4 is 5.73 Å². The molecule has 1 aromatic heterocycles. The van der Waals surface area contributed by atoms with E-state index in [0.29, 0.717) is 17.8 Å². The third-order valence-corrected chi connectivity index (χ3v) is 5.23. The highest BCUT2D eigenvalue weighted by molar-refractivity contribution is 5.77. The first kappa shape index (κ1) is 18.1. The van der Waals surface area contributed by atoms with Gasteiger partial charge in [-0.3, -0.25) is 4.79 Å². The average molecular weight is 350 g/mol. The van der Waals surface area contributed by atoms with E-state index in [1.807, 2.05) is 30.0 Å². The molecular formula is C21H26N4O. The van der Waals surface area contributed by atoms with Crippen LogP contribution in [0, 0.1) is 18.3 Å². The molecule has 26 heavy (non-hydrogen) atoms. The molecule has 5 nitrogen and oxygen atoms in total. The van der Waals surface area contributed by atoms with Crippen molar-refractivity contribution in [1.82, 2.24) is 9.47 Å². The Morgan fingerprint density at radius 3 is 2.85 bits per heavy atom. The Morgan fingerprint density at radius 1 is 1.35 bits per heavy atom. The predicted molar refractivity (Wildman–Crippen MR) is 103 cm³/mol. The number of nitrogens with zero attached hydrogens (tertiary/aromatic N) is 3. The summed E-state index contributed by atoms with van der Waals surface area (Å²) in [7, 11) is 0. The van der Waals surface area contributed by atoms with Gasteiger partial charge in [0.15, 0.2) is 0 Å². The number of aryl methyl sites for hydroxylation is 1. The predicted octanol–water partition coefficient (Wildman–Crippen LogP) is 3.24. The van der Waals surface area contributed by atoms with Crippen LogP contribution in [0.1, 0.15) is 48.7 Å². The molecule has 1 atom stereocenters. The third kappa shape index (κ3) is 3.75. The quantitative estimate of drug-likeness (QED) is 0.920. The van der Waals surface area contributed by atoms with Gasteiger partial charge in [-0.2, -0.15) is 5.26 Å². The first-order valence-corrected chi connectivity index (χ1v) is 9.22. The summed E-state index contributed by atoms with van der Waals surface area (Å²) in [5.74, 6) is 0.0646. The molecule has 3 rings (SSSR count). The maximum absolute atomic E-state index is 12.9. The van der Waals surface area contributed by atoms with Crippen LogP contribution in [0.15, 0.2) is 30.3 Å². The van der Waals surface area contributed by atoms with Crippen LogP contribution in [0.2, 0.25) is 0 Å². The fourth-order valence-corrected chi connectivity index (χ4v) is 3.79. The Morgan fingerprint density at radius 2 is 2.15 bits per heavy atom. The van der Waals surface area contributed by atoms with Crippen molar-refractivity contribution in [2.24, 2.45) is 0 Å². The molecule has 5 heteroatoms.